The summed E-state index contributed by atoms with van der Waals surface area (Å²) < 4.78 is 0. The molecule has 0 saturated heterocycles. The molecule has 0 heterocycles. The van der Waals surface area contributed by atoms with E-state index in [0.717, 1.165) is 0 Å². The molecule has 0 N–H and O–H groups in total. The van der Waals surface area contributed by atoms with Gasteiger partial charge in [0.05, 0.1) is 0 Å². The van der Waals surface area contributed by atoms with Crippen LogP contribution in [0.15, 0.2) is 0 Å². The molecule has 0 aliphatic carbocycles. The summed E-state index contributed by atoms with van der Waals surface area (Å²) in [6.07, 6.45) is 0. The van der Waals surface area contributed by atoms with Gasteiger partial charge in [-0.05, 0) is 0 Å². The third-order valence-corrected chi connectivity index (χ3v) is 0. The Labute approximate surface area is 187 Å². The zero-order valence-electron chi connectivity index (χ0n) is 5.73. The van der Waals surface area contributed by atoms with Crippen LogP contribution in [-0.4, -0.2) is 159 Å². The van der Waals surface area contributed by atoms with Gasteiger partial charge in [0.15, 0.2) is 0 Å². The molecular weight excluding hydrogens is 367 g/mol. The number of rotatable bonds is 0. The Bertz CT molecular complexity index is 18.5. The van der Waals surface area contributed by atoms with Crippen LogP contribution in [0.2, 0.25) is 0 Å². The summed E-state index contributed by atoms with van der Waals surface area (Å²) in [4.78, 5) is 0. The van der Waals surface area contributed by atoms with Gasteiger partial charge in [-0.2, -0.15) is 0 Å². The predicted molar refractivity (Wildman–Crippen MR) is 32.9 cm³/mol. The molecule has 0 aromatic rings. The Morgan fingerprint density at radius 2 is 0.364 bits per heavy atom. The van der Waals surface area contributed by atoms with E-state index >= 15 is 0 Å². The molecule has 11 heteroatoms. The SMILES string of the molecule is [Al+3].[Al+3].[Ba+2].[Ca+2].[Ca+2].[O-2].[O-2].[O-2].[O-2].[O-2].[O-2]. The molecule has 0 aliphatic rings. The van der Waals surface area contributed by atoms with E-state index in [4.69, 9.17) is 0 Å². The topological polar surface area (TPSA) is 171 Å². The van der Waals surface area contributed by atoms with Gasteiger partial charge < -0.3 is 32.9 Å². The van der Waals surface area contributed by atoms with E-state index in [-0.39, 0.29) is 192 Å². The van der Waals surface area contributed by atoms with Crippen LogP contribution in [0.3, 0.4) is 0 Å². The quantitative estimate of drug-likeness (QED) is 0.409. The summed E-state index contributed by atoms with van der Waals surface area (Å²) in [6, 6.07) is 0. The Balaban J connectivity index is 0. The van der Waals surface area contributed by atoms with E-state index in [1.807, 2.05) is 0 Å². The number of hydrogen-bond acceptors (Lipinski definition) is 0. The molecule has 0 bridgehead atoms. The first-order valence-corrected chi connectivity index (χ1v) is 0. The Morgan fingerprint density at radius 1 is 0.364 bits per heavy atom. The van der Waals surface area contributed by atoms with E-state index in [0.29, 0.717) is 0 Å². The molecular formula is Al2BaCa2O6. The molecule has 0 aromatic heterocycles. The van der Waals surface area contributed by atoms with Crippen molar-refractivity contribution in [3.05, 3.63) is 0 Å². The van der Waals surface area contributed by atoms with Gasteiger partial charge in [0.25, 0.3) is 0 Å². The fraction of sp³-hybridized carbons (Fsp3) is 0. The Hall–Kier alpha value is 4.92. The van der Waals surface area contributed by atoms with Crippen LogP contribution < -0.4 is 0 Å². The van der Waals surface area contributed by atoms with Gasteiger partial charge in [0, 0.05) is 0 Å². The monoisotopic (exact) mass is 368 g/mol. The normalized spacial score (nSPS) is 0. The summed E-state index contributed by atoms with van der Waals surface area (Å²) in [7, 11) is 0. The van der Waals surface area contributed by atoms with Gasteiger partial charge in [-0.15, -0.1) is 0 Å². The van der Waals surface area contributed by atoms with Crippen molar-refractivity contribution >= 4 is 159 Å². The van der Waals surface area contributed by atoms with Crippen molar-refractivity contribution in [2.75, 3.05) is 0 Å². The summed E-state index contributed by atoms with van der Waals surface area (Å²) in [6.45, 7) is 0. The molecule has 0 atom stereocenters. The fourth-order valence-electron chi connectivity index (χ4n) is 0. The smallest absolute Gasteiger partial charge is 2.00 e. The fourth-order valence-corrected chi connectivity index (χ4v) is 0. The van der Waals surface area contributed by atoms with Gasteiger partial charge >= 0.3 is 159 Å². The van der Waals surface area contributed by atoms with Gasteiger partial charge in [0.2, 0.25) is 0 Å². The molecule has 0 aromatic carbocycles. The second-order valence-corrected chi connectivity index (χ2v) is 0. The van der Waals surface area contributed by atoms with Gasteiger partial charge in [-0.25, -0.2) is 0 Å². The molecule has 0 amide bonds. The largest absolute Gasteiger partial charge is 3.00 e. The molecule has 0 radical (unpaired) electrons. The molecule has 0 rings (SSSR count). The molecule has 11 heavy (non-hydrogen) atoms. The van der Waals surface area contributed by atoms with E-state index < -0.39 is 0 Å². The van der Waals surface area contributed by atoms with Crippen molar-refractivity contribution in [3.63, 3.8) is 0 Å². The van der Waals surface area contributed by atoms with Crippen molar-refractivity contribution in [1.82, 2.24) is 0 Å². The van der Waals surface area contributed by atoms with Crippen molar-refractivity contribution in [1.29, 1.82) is 0 Å². The van der Waals surface area contributed by atoms with E-state index in [1.54, 1.807) is 0 Å². The maximum Gasteiger partial charge on any atom is 3.00 e. The number of hydrogen-bond donors (Lipinski definition) is 0. The van der Waals surface area contributed by atoms with Crippen LogP contribution >= 0.6 is 0 Å². The van der Waals surface area contributed by atoms with Gasteiger partial charge in [-0.1, -0.05) is 0 Å². The first kappa shape index (κ1) is 147. The first-order valence-electron chi connectivity index (χ1n) is 0. The average Bonchev–Trinajstić information content (AvgIpc) is 0. The molecule has 0 unspecified atom stereocenters. The second kappa shape index (κ2) is 120. The van der Waals surface area contributed by atoms with Crippen molar-refractivity contribution in [2.45, 2.75) is 0 Å². The zero-order valence-corrected chi connectivity index (χ0v) is 16.9. The summed E-state index contributed by atoms with van der Waals surface area (Å²) in [5, 5.41) is 0. The molecule has 0 fully saturated rings. The van der Waals surface area contributed by atoms with Gasteiger partial charge in [-0.3, -0.25) is 0 Å². The van der Waals surface area contributed by atoms with E-state index in [2.05, 4.69) is 0 Å². The van der Waals surface area contributed by atoms with Crippen LogP contribution in [0, 0.1) is 0 Å². The minimum Gasteiger partial charge on any atom is -2.00 e. The molecule has 48 valence electrons. The van der Waals surface area contributed by atoms with Crippen LogP contribution in [0.4, 0.5) is 0 Å². The molecule has 0 saturated carbocycles. The maximum atomic E-state index is 0. The Morgan fingerprint density at radius 3 is 0.364 bits per heavy atom. The minimum absolute atomic E-state index is 0. The minimum atomic E-state index is 0. The van der Waals surface area contributed by atoms with Crippen LogP contribution in [0.1, 0.15) is 0 Å². The summed E-state index contributed by atoms with van der Waals surface area (Å²) in [5.41, 5.74) is 0. The van der Waals surface area contributed by atoms with E-state index in [1.165, 1.54) is 0 Å². The van der Waals surface area contributed by atoms with Crippen molar-refractivity contribution in [3.8, 4) is 0 Å². The molecule has 6 nitrogen and oxygen atoms in total. The van der Waals surface area contributed by atoms with Gasteiger partial charge in [0.1, 0.15) is 0 Å². The van der Waals surface area contributed by atoms with Crippen molar-refractivity contribution in [2.24, 2.45) is 0 Å². The van der Waals surface area contributed by atoms with Crippen LogP contribution in [0.25, 0.3) is 0 Å². The standard InChI is InChI=1S/2Al.Ba.2Ca.6O/q2*+3;3*+2;6*-2. The second-order valence-electron chi connectivity index (χ2n) is 0. The summed E-state index contributed by atoms with van der Waals surface area (Å²) in [5.74, 6) is 0. The zero-order chi connectivity index (χ0) is 0. The van der Waals surface area contributed by atoms with Crippen LogP contribution in [0.5, 0.6) is 0 Å². The molecule has 0 aliphatic heterocycles. The third-order valence-electron chi connectivity index (χ3n) is 0. The molecule has 0 spiro atoms. The Kier molecular flexibility index (Phi) is 1590. The summed E-state index contributed by atoms with van der Waals surface area (Å²) >= 11 is 0. The third kappa shape index (κ3) is 103. The van der Waals surface area contributed by atoms with Crippen LogP contribution in [-0.2, 0) is 32.9 Å². The maximum absolute atomic E-state index is 0. The van der Waals surface area contributed by atoms with Crippen molar-refractivity contribution < 1.29 is 32.9 Å². The average molecular weight is 367 g/mol. The first-order chi connectivity index (χ1) is 0. The van der Waals surface area contributed by atoms with E-state index in [9.17, 15) is 0 Å². The predicted octanol–water partition coefficient (Wildman–Crippen LogP) is -2.62.